The second-order valence-corrected chi connectivity index (χ2v) is 3.17. The van der Waals surface area contributed by atoms with Crippen molar-refractivity contribution in [3.63, 3.8) is 0 Å². The van der Waals surface area contributed by atoms with Gasteiger partial charge in [0.25, 0.3) is 0 Å². The molecule has 4 nitrogen and oxygen atoms in total. The number of H-pyrrole nitrogens is 1. The number of nitrogens with zero attached hydrogens (tertiary/aromatic N) is 1. The number of rotatable bonds is 2. The lowest BCUT2D eigenvalue weighted by Crippen LogP contribution is -2.18. The molecule has 2 N–H and O–H groups in total. The van der Waals surface area contributed by atoms with Crippen LogP contribution in [0, 0.1) is 0 Å². The third-order valence-corrected chi connectivity index (χ3v) is 1.97. The molecule has 0 atom stereocenters. The van der Waals surface area contributed by atoms with Crippen LogP contribution in [0.4, 0.5) is 0 Å². The first kappa shape index (κ1) is 9.25. The molecule has 0 bridgehead atoms. The van der Waals surface area contributed by atoms with Gasteiger partial charge in [0.15, 0.2) is 0 Å². The molecule has 0 aliphatic carbocycles. The zero-order valence-corrected chi connectivity index (χ0v) is 7.93. The summed E-state index contributed by atoms with van der Waals surface area (Å²) in [7, 11) is 0. The van der Waals surface area contributed by atoms with Crippen LogP contribution in [0.25, 0.3) is 0 Å². The monoisotopic (exact) mass is 188 g/mol. The quantitative estimate of drug-likeness (QED) is 0.604. The summed E-state index contributed by atoms with van der Waals surface area (Å²) in [5, 5.41) is 9.46. The lowest BCUT2D eigenvalue weighted by atomic mass is 10.4. The van der Waals surface area contributed by atoms with Crippen LogP contribution in [0.15, 0.2) is 4.79 Å². The Kier molecular flexibility index (Phi) is 2.52. The maximum atomic E-state index is 11.2. The van der Waals surface area contributed by atoms with Gasteiger partial charge in [-0.3, -0.25) is 4.57 Å². The minimum absolute atomic E-state index is 0.00926. The summed E-state index contributed by atoms with van der Waals surface area (Å²) in [5.41, 5.74) is 0.184. The molecule has 0 saturated carbocycles. The standard InChI is InChI=1S/C7H12N2O2S/c1-4(2)9-6(10)5(3-12)8-7(9)11/h4,10,12H,3H2,1-2H3,(H,8,11). The molecule has 12 heavy (non-hydrogen) atoms. The molecule has 0 aliphatic heterocycles. The molecule has 1 rings (SSSR count). The van der Waals surface area contributed by atoms with Gasteiger partial charge in [0.05, 0.1) is 5.69 Å². The smallest absolute Gasteiger partial charge is 0.328 e. The van der Waals surface area contributed by atoms with E-state index in [0.29, 0.717) is 11.4 Å². The number of aromatic amines is 1. The molecule has 0 unspecified atom stereocenters. The van der Waals surface area contributed by atoms with E-state index in [2.05, 4.69) is 17.6 Å². The van der Waals surface area contributed by atoms with Crippen LogP contribution in [0.2, 0.25) is 0 Å². The molecule has 0 amide bonds. The Hall–Kier alpha value is -0.840. The Bertz CT molecular complexity index is 327. The lowest BCUT2D eigenvalue weighted by molar-refractivity contribution is 0.392. The molecule has 0 saturated heterocycles. The average molecular weight is 188 g/mol. The summed E-state index contributed by atoms with van der Waals surface area (Å²) in [4.78, 5) is 13.7. The first-order valence-electron chi connectivity index (χ1n) is 3.71. The van der Waals surface area contributed by atoms with Crippen molar-refractivity contribution in [2.45, 2.75) is 25.6 Å². The normalized spacial score (nSPS) is 11.0. The van der Waals surface area contributed by atoms with Crippen LogP contribution in [0.3, 0.4) is 0 Å². The molecule has 0 spiro atoms. The van der Waals surface area contributed by atoms with Gasteiger partial charge in [0.1, 0.15) is 0 Å². The van der Waals surface area contributed by atoms with Gasteiger partial charge < -0.3 is 10.1 Å². The van der Waals surface area contributed by atoms with E-state index in [1.165, 1.54) is 4.57 Å². The van der Waals surface area contributed by atoms with Crippen LogP contribution in [0.5, 0.6) is 5.88 Å². The zero-order chi connectivity index (χ0) is 9.30. The largest absolute Gasteiger partial charge is 0.493 e. The number of imidazole rings is 1. The highest BCUT2D eigenvalue weighted by Gasteiger charge is 2.13. The summed E-state index contributed by atoms with van der Waals surface area (Å²) in [6, 6.07) is -0.0395. The van der Waals surface area contributed by atoms with Crippen LogP contribution in [-0.4, -0.2) is 14.7 Å². The molecule has 0 aromatic carbocycles. The predicted octanol–water partition coefficient (Wildman–Crippen LogP) is 0.893. The molecule has 0 fully saturated rings. The minimum atomic E-state index is -0.286. The Morgan fingerprint density at radius 2 is 2.25 bits per heavy atom. The van der Waals surface area contributed by atoms with Gasteiger partial charge in [-0.1, -0.05) is 0 Å². The first-order chi connectivity index (χ1) is 5.57. The fraction of sp³-hybridized carbons (Fsp3) is 0.571. The average Bonchev–Trinajstić information content (AvgIpc) is 2.25. The van der Waals surface area contributed by atoms with E-state index in [9.17, 15) is 9.90 Å². The van der Waals surface area contributed by atoms with E-state index in [-0.39, 0.29) is 17.6 Å². The summed E-state index contributed by atoms with van der Waals surface area (Å²) < 4.78 is 1.30. The molecule has 1 heterocycles. The Morgan fingerprint density at radius 1 is 1.67 bits per heavy atom. The predicted molar refractivity (Wildman–Crippen MR) is 49.8 cm³/mol. The van der Waals surface area contributed by atoms with Gasteiger partial charge in [-0.25, -0.2) is 4.79 Å². The van der Waals surface area contributed by atoms with E-state index in [4.69, 9.17) is 0 Å². The van der Waals surface area contributed by atoms with Crippen LogP contribution < -0.4 is 5.69 Å². The van der Waals surface area contributed by atoms with E-state index in [1.807, 2.05) is 13.8 Å². The zero-order valence-electron chi connectivity index (χ0n) is 7.03. The maximum absolute atomic E-state index is 11.2. The molecular formula is C7H12N2O2S. The van der Waals surface area contributed by atoms with E-state index < -0.39 is 0 Å². The lowest BCUT2D eigenvalue weighted by Gasteiger charge is -2.05. The van der Waals surface area contributed by atoms with Crippen LogP contribution in [0.1, 0.15) is 25.6 Å². The van der Waals surface area contributed by atoms with Gasteiger partial charge in [0, 0.05) is 11.8 Å². The number of hydrogen-bond donors (Lipinski definition) is 3. The summed E-state index contributed by atoms with van der Waals surface area (Å²) in [6.07, 6.45) is 0. The number of thiol groups is 1. The van der Waals surface area contributed by atoms with Gasteiger partial charge >= 0.3 is 5.69 Å². The Morgan fingerprint density at radius 3 is 2.50 bits per heavy atom. The third kappa shape index (κ3) is 1.36. The topological polar surface area (TPSA) is 58.0 Å². The molecule has 68 valence electrons. The Balaban J connectivity index is 3.28. The SMILES string of the molecule is CC(C)n1c(O)c(CS)[nH]c1=O. The number of aromatic nitrogens is 2. The summed E-state index contributed by atoms with van der Waals surface area (Å²) in [6.45, 7) is 3.66. The van der Waals surface area contributed by atoms with Crippen molar-refractivity contribution in [2.75, 3.05) is 0 Å². The van der Waals surface area contributed by atoms with E-state index in [1.54, 1.807) is 0 Å². The van der Waals surface area contributed by atoms with Crippen LogP contribution in [-0.2, 0) is 5.75 Å². The van der Waals surface area contributed by atoms with Crippen LogP contribution >= 0.6 is 12.6 Å². The number of aromatic hydroxyl groups is 1. The molecule has 1 aromatic heterocycles. The van der Waals surface area contributed by atoms with E-state index in [0.717, 1.165) is 0 Å². The van der Waals surface area contributed by atoms with Gasteiger partial charge in [-0.15, -0.1) is 0 Å². The van der Waals surface area contributed by atoms with Crippen molar-refractivity contribution in [2.24, 2.45) is 0 Å². The molecule has 0 radical (unpaired) electrons. The molecule has 0 aliphatic rings. The van der Waals surface area contributed by atoms with Crippen molar-refractivity contribution >= 4 is 12.6 Å². The van der Waals surface area contributed by atoms with Gasteiger partial charge in [0.2, 0.25) is 5.88 Å². The summed E-state index contributed by atoms with van der Waals surface area (Å²) >= 11 is 3.97. The minimum Gasteiger partial charge on any atom is -0.493 e. The molecular weight excluding hydrogens is 176 g/mol. The van der Waals surface area contributed by atoms with Crippen molar-refractivity contribution in [1.82, 2.24) is 9.55 Å². The third-order valence-electron chi connectivity index (χ3n) is 1.65. The highest BCUT2D eigenvalue weighted by atomic mass is 32.1. The molecule has 1 aromatic rings. The second kappa shape index (κ2) is 3.26. The second-order valence-electron chi connectivity index (χ2n) is 2.85. The van der Waals surface area contributed by atoms with Crippen molar-refractivity contribution in [3.05, 3.63) is 16.2 Å². The van der Waals surface area contributed by atoms with Crippen molar-refractivity contribution < 1.29 is 5.11 Å². The van der Waals surface area contributed by atoms with Crippen molar-refractivity contribution in [3.8, 4) is 5.88 Å². The number of hydrogen-bond acceptors (Lipinski definition) is 3. The number of nitrogens with one attached hydrogen (secondary N) is 1. The highest BCUT2D eigenvalue weighted by molar-refractivity contribution is 7.79. The molecule has 5 heteroatoms. The fourth-order valence-electron chi connectivity index (χ4n) is 1.08. The highest BCUT2D eigenvalue weighted by Crippen LogP contribution is 2.18. The van der Waals surface area contributed by atoms with Gasteiger partial charge in [-0.2, -0.15) is 12.6 Å². The van der Waals surface area contributed by atoms with Gasteiger partial charge in [-0.05, 0) is 13.8 Å². The maximum Gasteiger partial charge on any atom is 0.328 e. The van der Waals surface area contributed by atoms with E-state index >= 15 is 0 Å². The first-order valence-corrected chi connectivity index (χ1v) is 4.34. The summed E-state index contributed by atoms with van der Waals surface area (Å²) in [5.74, 6) is 0.325. The fourth-order valence-corrected chi connectivity index (χ4v) is 1.30. The Labute approximate surface area is 75.6 Å². The van der Waals surface area contributed by atoms with Crippen molar-refractivity contribution in [1.29, 1.82) is 0 Å².